The van der Waals surface area contributed by atoms with E-state index in [-0.39, 0.29) is 16.8 Å². The molecule has 0 aliphatic carbocycles. The summed E-state index contributed by atoms with van der Waals surface area (Å²) in [7, 11) is 0. The smallest absolute Gasteiger partial charge is 0 e. The fourth-order valence-electron chi connectivity index (χ4n) is 0.100. The van der Waals surface area contributed by atoms with Crippen molar-refractivity contribution in [2.45, 2.75) is 0 Å². The maximum atomic E-state index is 3.12. The van der Waals surface area contributed by atoms with Gasteiger partial charge in [-0.15, -0.1) is 0 Å². The van der Waals surface area contributed by atoms with Crippen LogP contribution in [0.5, 0.6) is 0 Å². The summed E-state index contributed by atoms with van der Waals surface area (Å²) < 4.78 is 0. The summed E-state index contributed by atoms with van der Waals surface area (Å²) in [4.78, 5) is 0. The van der Waals surface area contributed by atoms with E-state index < -0.39 is 0 Å². The fourth-order valence-corrected chi connectivity index (χ4v) is 0.100. The van der Waals surface area contributed by atoms with Gasteiger partial charge in [0.05, 0.1) is 0 Å². The molecule has 1 aromatic heterocycles. The molecule has 1 heterocycles. The fraction of sp³-hybridized carbons (Fsp3) is 0. The van der Waals surface area contributed by atoms with E-state index >= 15 is 0 Å². The monoisotopic (exact) mass is 130 g/mol. The molecule has 0 fully saturated rings. The molecule has 1 radical (unpaired) electrons. The van der Waals surface area contributed by atoms with E-state index in [1.807, 2.05) is 0 Å². The third-order valence-corrected chi connectivity index (χ3v) is 0.219. The first-order valence-electron chi connectivity index (χ1n) is 1.05. The van der Waals surface area contributed by atoms with Crippen LogP contribution < -0.4 is 0 Å². The van der Waals surface area contributed by atoms with Crippen molar-refractivity contribution in [2.24, 2.45) is 0 Å². The maximum Gasteiger partial charge on any atom is 0 e. The van der Waals surface area contributed by atoms with Gasteiger partial charge in [0.2, 0.25) is 0 Å². The Labute approximate surface area is 43.7 Å². The number of nitrogens with zero attached hydrogens (tertiary/aromatic N) is 4. The molecule has 0 saturated carbocycles. The summed E-state index contributed by atoms with van der Waals surface area (Å²) in [5.74, 6) is 0. The van der Waals surface area contributed by atoms with Gasteiger partial charge < -0.3 is 0 Å². The minimum absolute atomic E-state index is 0. The van der Waals surface area contributed by atoms with Crippen molar-refractivity contribution in [1.82, 2.24) is 26.1 Å². The molecule has 0 unspecified atom stereocenters. The Balaban J connectivity index is 0.000000250. The molecule has 6 heteroatoms. The van der Waals surface area contributed by atoms with E-state index in [9.17, 15) is 0 Å². The molecule has 0 spiro atoms. The number of hydrogen-bond donors (Lipinski definition) is 1. The van der Waals surface area contributed by atoms with Crippen LogP contribution in [0.15, 0.2) is 0 Å². The van der Waals surface area contributed by atoms with Crippen LogP contribution in [0.4, 0.5) is 0 Å². The van der Waals surface area contributed by atoms with Gasteiger partial charge in [0.15, 0.2) is 0 Å². The van der Waals surface area contributed by atoms with Gasteiger partial charge >= 0.3 is 0 Å². The number of aromatic nitrogens is 5. The van der Waals surface area contributed by atoms with Crippen LogP contribution in [0.1, 0.15) is 0 Å². The Morgan fingerprint density at radius 1 is 1.00 bits per heavy atom. The second-order valence-corrected chi connectivity index (χ2v) is 0.479. The Morgan fingerprint density at radius 2 is 1.50 bits per heavy atom. The van der Waals surface area contributed by atoms with Gasteiger partial charge in [-0.25, -0.2) is 0 Å². The second-order valence-electron chi connectivity index (χ2n) is 0.479. The summed E-state index contributed by atoms with van der Waals surface area (Å²) in [6.07, 6.45) is 0. The summed E-state index contributed by atoms with van der Waals surface area (Å²) >= 11 is 0. The van der Waals surface area contributed by atoms with Gasteiger partial charge in [0.1, 0.15) is 0 Å². The Hall–Kier alpha value is -0.494. The van der Waals surface area contributed by atoms with Gasteiger partial charge in [-0.1, -0.05) is 0 Å². The maximum absolute atomic E-state index is 3.12. The van der Waals surface area contributed by atoms with Crippen molar-refractivity contribution in [2.75, 3.05) is 0 Å². The van der Waals surface area contributed by atoms with Gasteiger partial charge in [0, 0.05) is 16.8 Å². The van der Waals surface area contributed by atoms with E-state index in [0.29, 0.717) is 0 Å². The summed E-state index contributed by atoms with van der Waals surface area (Å²) in [5.41, 5.74) is 0. The summed E-state index contributed by atoms with van der Waals surface area (Å²) in [6, 6.07) is 0. The topological polar surface area (TPSA) is 67.3 Å². The summed E-state index contributed by atoms with van der Waals surface area (Å²) in [6.45, 7) is 0. The predicted molar refractivity (Wildman–Crippen MR) is 12.0 cm³/mol. The first-order chi connectivity index (χ1) is 2.50. The molecule has 1 aromatic rings. The quantitative estimate of drug-likeness (QED) is 0.468. The molecule has 0 amide bonds. The zero-order valence-electron chi connectivity index (χ0n) is 2.62. The third-order valence-electron chi connectivity index (χ3n) is 0.219. The van der Waals surface area contributed by atoms with Gasteiger partial charge in [-0.3, -0.25) is 0 Å². The molecule has 0 aliphatic heterocycles. The molecule has 0 aliphatic rings. The van der Waals surface area contributed by atoms with Crippen LogP contribution in [0.3, 0.4) is 0 Å². The molecule has 0 saturated heterocycles. The summed E-state index contributed by atoms with van der Waals surface area (Å²) in [5, 5.41) is 14.5. The van der Waals surface area contributed by atoms with Crippen molar-refractivity contribution < 1.29 is 16.8 Å². The molecule has 0 aromatic carbocycles. The number of H-pyrrole nitrogens is 1. The zero-order chi connectivity index (χ0) is 3.54. The van der Waals surface area contributed by atoms with Gasteiger partial charge in [0.25, 0.3) is 0 Å². The molecule has 1 N–H and O–H groups in total. The van der Waals surface area contributed by atoms with Crippen LogP contribution in [0, 0.1) is 0 Å². The minimum atomic E-state index is 0. The third kappa shape index (κ3) is 1.08. The normalized spacial score (nSPS) is 6.67. The number of rotatable bonds is 0. The minimum Gasteiger partial charge on any atom is -0.157 e. The van der Waals surface area contributed by atoms with Crippen LogP contribution in [0.2, 0.25) is 0 Å². The Bertz CT molecular complexity index is 60.4. The van der Waals surface area contributed by atoms with Crippen LogP contribution in [-0.2, 0) is 16.8 Å². The van der Waals surface area contributed by atoms with E-state index in [1.165, 1.54) is 0 Å². The van der Waals surface area contributed by atoms with Gasteiger partial charge in [-0.2, -0.15) is 5.21 Å². The largest absolute Gasteiger partial charge is 0.157 e. The molecule has 6 heavy (non-hydrogen) atoms. The molecule has 1 rings (SSSR count). The Morgan fingerprint density at radius 3 is 1.67 bits per heavy atom. The second kappa shape index (κ2) is 2.73. The standard InChI is InChI=1S/Co.HN5/c;1-2-4-5-3-1/h;(H,1,2,3,4,5). The number of hydrogen-bond acceptors (Lipinski definition) is 4. The zero-order valence-corrected chi connectivity index (χ0v) is 3.66. The molecule has 0 atom stereocenters. The molecule has 35 valence electrons. The van der Waals surface area contributed by atoms with E-state index in [0.717, 1.165) is 0 Å². The van der Waals surface area contributed by atoms with Crippen LogP contribution in [0.25, 0.3) is 0 Å². The van der Waals surface area contributed by atoms with Crippen LogP contribution in [-0.4, -0.2) is 26.1 Å². The van der Waals surface area contributed by atoms with Crippen molar-refractivity contribution in [1.29, 1.82) is 0 Å². The van der Waals surface area contributed by atoms with Crippen LogP contribution >= 0.6 is 0 Å². The molecule has 5 nitrogen and oxygen atoms in total. The molecular weight excluding hydrogens is 129 g/mol. The first kappa shape index (κ1) is 5.51. The van der Waals surface area contributed by atoms with E-state index in [2.05, 4.69) is 26.1 Å². The number of aromatic amines is 1. The van der Waals surface area contributed by atoms with Crippen molar-refractivity contribution >= 4 is 0 Å². The molecule has 0 bridgehead atoms. The predicted octanol–water partition coefficient (Wildman–Crippen LogP) is -1.41. The van der Waals surface area contributed by atoms with Gasteiger partial charge in [-0.05, 0) is 20.9 Å². The van der Waals surface area contributed by atoms with Crippen molar-refractivity contribution in [3.8, 4) is 0 Å². The average Bonchev–Trinajstić information content (AvgIpc) is 1.76. The molecular formula is HCoN5. The first-order valence-corrected chi connectivity index (χ1v) is 1.05. The van der Waals surface area contributed by atoms with Crippen molar-refractivity contribution in [3.05, 3.63) is 0 Å². The SMILES string of the molecule is [Co].n1nn[nH]n1. The van der Waals surface area contributed by atoms with E-state index in [1.54, 1.807) is 0 Å². The van der Waals surface area contributed by atoms with E-state index in [4.69, 9.17) is 0 Å². The number of nitrogens with one attached hydrogen (secondary N) is 1. The average molecular weight is 130 g/mol. The Kier molecular flexibility index (Phi) is 2.50. The van der Waals surface area contributed by atoms with Crippen molar-refractivity contribution in [3.63, 3.8) is 0 Å².